The molecule has 70 valence electrons. The summed E-state index contributed by atoms with van der Waals surface area (Å²) in [5, 5.41) is 0. The molecule has 1 aromatic rings. The van der Waals surface area contributed by atoms with E-state index in [1.54, 1.807) is 6.92 Å². The molecule has 0 unspecified atom stereocenters. The molecule has 0 aliphatic carbocycles. The van der Waals surface area contributed by atoms with E-state index in [1.807, 2.05) is 0 Å². The van der Waals surface area contributed by atoms with Crippen LogP contribution in [0.1, 0.15) is 12.5 Å². The van der Waals surface area contributed by atoms with Crippen LogP contribution in [0.5, 0.6) is 0 Å². The van der Waals surface area contributed by atoms with E-state index >= 15 is 0 Å². The summed E-state index contributed by atoms with van der Waals surface area (Å²) in [6.45, 7) is 1.59. The van der Waals surface area contributed by atoms with E-state index in [0.29, 0.717) is 5.71 Å². The van der Waals surface area contributed by atoms with Crippen molar-refractivity contribution in [3.05, 3.63) is 33.8 Å². The summed E-state index contributed by atoms with van der Waals surface area (Å²) >= 11 is 6.60. The van der Waals surface area contributed by atoms with Crippen LogP contribution in [0.3, 0.4) is 0 Å². The van der Waals surface area contributed by atoms with Gasteiger partial charge in [-0.1, -0.05) is 0 Å². The molecule has 0 N–H and O–H groups in total. The van der Waals surface area contributed by atoms with E-state index in [4.69, 9.17) is 0 Å². The molecule has 0 aromatic heterocycles. The number of benzene rings is 1. The molecule has 0 spiro atoms. The molecular weight excluding hydrogens is 260 g/mol. The average Bonchev–Trinajstić information content (AvgIpc) is 2.10. The molecule has 0 saturated carbocycles. The first-order chi connectivity index (χ1) is 6.06. The minimum atomic E-state index is -0.643. The molecule has 0 aliphatic rings. The minimum Gasteiger partial charge on any atom is -0.224 e. The fraction of sp³-hybridized carbons (Fsp3) is 0.125. The zero-order chi connectivity index (χ0) is 10.0. The second kappa shape index (κ2) is 4.19. The summed E-state index contributed by atoms with van der Waals surface area (Å²) in [6.07, 6.45) is 0. The van der Waals surface area contributed by atoms with Gasteiger partial charge in [0.15, 0.2) is 0 Å². The van der Waals surface area contributed by atoms with E-state index in [0.717, 1.165) is 6.07 Å². The van der Waals surface area contributed by atoms with Crippen molar-refractivity contribution in [2.75, 3.05) is 0 Å². The lowest BCUT2D eigenvalue weighted by atomic mass is 10.1. The molecule has 1 nitrogen and oxygen atoms in total. The smallest absolute Gasteiger partial charge is 0.140 e. The maximum absolute atomic E-state index is 13.1. The molecule has 0 radical (unpaired) electrons. The third kappa shape index (κ3) is 2.28. The van der Waals surface area contributed by atoms with Crippen LogP contribution in [-0.2, 0) is 0 Å². The van der Waals surface area contributed by atoms with Gasteiger partial charge < -0.3 is 0 Å². The minimum absolute atomic E-state index is 0.209. The monoisotopic (exact) mass is 265 g/mol. The van der Waals surface area contributed by atoms with Crippen LogP contribution >= 0.6 is 28.7 Å². The summed E-state index contributed by atoms with van der Waals surface area (Å²) in [4.78, 5) is 0. The summed E-state index contributed by atoms with van der Waals surface area (Å²) in [6, 6.07) is 2.14. The fourth-order valence-electron chi connectivity index (χ4n) is 0.854. The SMILES string of the molecule is C/C(=N\S)c1cc(Br)c(F)cc1F. The average molecular weight is 266 g/mol. The molecule has 0 amide bonds. The predicted molar refractivity (Wildman–Crippen MR) is 55.3 cm³/mol. The Bertz CT molecular complexity index is 365. The third-order valence-corrected chi connectivity index (χ3v) is 2.46. The second-order valence-electron chi connectivity index (χ2n) is 2.43. The summed E-state index contributed by atoms with van der Waals surface area (Å²) in [5.41, 5.74) is 0.643. The summed E-state index contributed by atoms with van der Waals surface area (Å²) < 4.78 is 29.6. The van der Waals surface area contributed by atoms with Crippen LogP contribution in [0.25, 0.3) is 0 Å². The van der Waals surface area contributed by atoms with Gasteiger partial charge in [-0.05, 0) is 41.7 Å². The molecule has 5 heteroatoms. The Morgan fingerprint density at radius 1 is 1.38 bits per heavy atom. The van der Waals surface area contributed by atoms with Gasteiger partial charge in [0, 0.05) is 11.6 Å². The first-order valence-corrected chi connectivity index (χ1v) is 4.59. The first-order valence-electron chi connectivity index (χ1n) is 3.40. The Balaban J connectivity index is 3.32. The Kier molecular flexibility index (Phi) is 3.44. The molecule has 1 aromatic carbocycles. The van der Waals surface area contributed by atoms with E-state index in [-0.39, 0.29) is 10.0 Å². The van der Waals surface area contributed by atoms with Crippen molar-refractivity contribution in [3.8, 4) is 0 Å². The number of nitrogens with zero attached hydrogens (tertiary/aromatic N) is 1. The van der Waals surface area contributed by atoms with Gasteiger partial charge in [-0.25, -0.2) is 13.2 Å². The van der Waals surface area contributed by atoms with Crippen molar-refractivity contribution in [2.45, 2.75) is 6.92 Å². The molecule has 0 atom stereocenters. The Labute approximate surface area is 88.5 Å². The highest BCUT2D eigenvalue weighted by molar-refractivity contribution is 9.10. The second-order valence-corrected chi connectivity index (χ2v) is 3.49. The molecule has 13 heavy (non-hydrogen) atoms. The Hall–Kier alpha value is -0.420. The van der Waals surface area contributed by atoms with Crippen LogP contribution in [0, 0.1) is 11.6 Å². The van der Waals surface area contributed by atoms with Gasteiger partial charge in [-0.15, -0.1) is 0 Å². The lowest BCUT2D eigenvalue weighted by Crippen LogP contribution is -1.99. The lowest BCUT2D eigenvalue weighted by molar-refractivity contribution is 0.577. The predicted octanol–water partition coefficient (Wildman–Crippen LogP) is 3.38. The first kappa shape index (κ1) is 10.7. The zero-order valence-electron chi connectivity index (χ0n) is 6.68. The van der Waals surface area contributed by atoms with Crippen molar-refractivity contribution in [1.29, 1.82) is 0 Å². The maximum atomic E-state index is 13.1. The molecule has 0 saturated heterocycles. The van der Waals surface area contributed by atoms with Gasteiger partial charge in [0.1, 0.15) is 11.6 Å². The summed E-state index contributed by atoms with van der Waals surface area (Å²) in [7, 11) is 0. The lowest BCUT2D eigenvalue weighted by Gasteiger charge is -2.02. The highest BCUT2D eigenvalue weighted by atomic mass is 79.9. The van der Waals surface area contributed by atoms with Gasteiger partial charge >= 0.3 is 0 Å². The van der Waals surface area contributed by atoms with E-state index in [2.05, 4.69) is 33.1 Å². The topological polar surface area (TPSA) is 12.4 Å². The molecule has 0 heterocycles. The van der Waals surface area contributed by atoms with E-state index in [1.165, 1.54) is 6.07 Å². The van der Waals surface area contributed by atoms with Crippen molar-refractivity contribution < 1.29 is 8.78 Å². The number of hydrogen-bond acceptors (Lipinski definition) is 2. The van der Waals surface area contributed by atoms with Crippen molar-refractivity contribution >= 4 is 34.5 Å². The third-order valence-electron chi connectivity index (χ3n) is 1.55. The van der Waals surface area contributed by atoms with Gasteiger partial charge in [0.2, 0.25) is 0 Å². The summed E-state index contributed by atoms with van der Waals surface area (Å²) in [5.74, 6) is -1.27. The van der Waals surface area contributed by atoms with Crippen molar-refractivity contribution in [1.82, 2.24) is 0 Å². The normalized spacial score (nSPS) is 11.9. The number of thiol groups is 1. The zero-order valence-corrected chi connectivity index (χ0v) is 9.16. The van der Waals surface area contributed by atoms with Crippen molar-refractivity contribution in [2.24, 2.45) is 4.40 Å². The quantitative estimate of drug-likeness (QED) is 0.454. The molecule has 0 bridgehead atoms. The van der Waals surface area contributed by atoms with E-state index < -0.39 is 11.6 Å². The van der Waals surface area contributed by atoms with Crippen LogP contribution in [0.15, 0.2) is 21.0 Å². The van der Waals surface area contributed by atoms with Crippen LogP contribution < -0.4 is 0 Å². The van der Waals surface area contributed by atoms with E-state index in [9.17, 15) is 8.78 Å². The van der Waals surface area contributed by atoms with Crippen LogP contribution in [0.4, 0.5) is 8.78 Å². The molecule has 0 aliphatic heterocycles. The highest BCUT2D eigenvalue weighted by Gasteiger charge is 2.09. The van der Waals surface area contributed by atoms with Gasteiger partial charge in [0.25, 0.3) is 0 Å². The maximum Gasteiger partial charge on any atom is 0.140 e. The highest BCUT2D eigenvalue weighted by Crippen LogP contribution is 2.20. The number of halogens is 3. The van der Waals surface area contributed by atoms with Gasteiger partial charge in [-0.2, -0.15) is 0 Å². The molecule has 0 fully saturated rings. The van der Waals surface area contributed by atoms with Gasteiger partial charge in [0.05, 0.1) is 10.2 Å². The number of rotatable bonds is 1. The number of hydrogen-bond donors (Lipinski definition) is 1. The largest absolute Gasteiger partial charge is 0.224 e. The molecule has 1 rings (SSSR count). The van der Waals surface area contributed by atoms with Crippen LogP contribution in [-0.4, -0.2) is 5.71 Å². The standard InChI is InChI=1S/C8H6BrF2NS/c1-4(12-13)5-2-6(9)8(11)3-7(5)10/h2-3,13H,1H3/b12-4+. The van der Waals surface area contributed by atoms with Gasteiger partial charge in [-0.3, -0.25) is 0 Å². The Morgan fingerprint density at radius 2 is 2.00 bits per heavy atom. The molecular formula is C8H6BrF2NS. The Morgan fingerprint density at radius 3 is 2.54 bits per heavy atom. The fourth-order valence-corrected chi connectivity index (χ4v) is 1.30. The van der Waals surface area contributed by atoms with Crippen LogP contribution in [0.2, 0.25) is 0 Å². The van der Waals surface area contributed by atoms with Crippen molar-refractivity contribution in [3.63, 3.8) is 0 Å².